The summed E-state index contributed by atoms with van der Waals surface area (Å²) in [6.07, 6.45) is 0. The number of nitrogens with zero attached hydrogens (tertiary/aromatic N) is 2. The van der Waals surface area contributed by atoms with E-state index in [2.05, 4.69) is 35.3 Å². The molecule has 26 heavy (non-hydrogen) atoms. The summed E-state index contributed by atoms with van der Waals surface area (Å²) >= 11 is 0. The summed E-state index contributed by atoms with van der Waals surface area (Å²) in [4.78, 5) is 1.62. The molecule has 3 rings (SSSR count). The summed E-state index contributed by atoms with van der Waals surface area (Å²) in [5.41, 5.74) is 3.46. The molecule has 5 nitrogen and oxygen atoms in total. The predicted octanol–water partition coefficient (Wildman–Crippen LogP) is 1.83. The smallest absolute Gasteiger partial charge is 0.161 e. The van der Waals surface area contributed by atoms with Crippen molar-refractivity contribution in [2.75, 3.05) is 40.4 Å². The fourth-order valence-corrected chi connectivity index (χ4v) is 3.30. The minimum atomic E-state index is 0.733. The molecule has 2 aromatic carbocycles. The van der Waals surface area contributed by atoms with E-state index in [0.29, 0.717) is 0 Å². The van der Waals surface area contributed by atoms with E-state index in [1.54, 1.807) is 19.1 Å². The SMILES string of the molecule is COc1ccc(/C(C)=N/N2CC[NH+](Cc3ccccc3)CC2)cc1OC. The van der Waals surface area contributed by atoms with Crippen molar-refractivity contribution >= 4 is 5.71 Å². The lowest BCUT2D eigenvalue weighted by atomic mass is 10.1. The molecule has 1 aliphatic heterocycles. The van der Waals surface area contributed by atoms with Crippen LogP contribution in [0.25, 0.3) is 0 Å². The third-order valence-electron chi connectivity index (χ3n) is 4.84. The Kier molecular flexibility index (Phi) is 6.12. The summed E-state index contributed by atoms with van der Waals surface area (Å²) in [7, 11) is 3.30. The van der Waals surface area contributed by atoms with Crippen LogP contribution in [0.4, 0.5) is 0 Å². The Bertz CT molecular complexity index is 738. The molecular formula is C21H28N3O2+. The molecule has 0 amide bonds. The van der Waals surface area contributed by atoms with Crippen LogP contribution < -0.4 is 14.4 Å². The van der Waals surface area contributed by atoms with E-state index in [1.165, 1.54) is 5.56 Å². The normalized spacial score (nSPS) is 15.8. The number of hydrogen-bond donors (Lipinski definition) is 1. The standard InChI is InChI=1S/C21H27N3O2/c1-17(19-9-10-20(25-2)21(15-19)26-3)22-24-13-11-23(12-14-24)16-18-7-5-4-6-8-18/h4-10,15H,11-14,16H2,1-3H3/p+1/b22-17+. The minimum absolute atomic E-state index is 0.733. The Morgan fingerprint density at radius 1 is 1.00 bits per heavy atom. The number of benzene rings is 2. The second-order valence-corrected chi connectivity index (χ2v) is 6.62. The van der Waals surface area contributed by atoms with Gasteiger partial charge in [-0.1, -0.05) is 30.3 Å². The highest BCUT2D eigenvalue weighted by Crippen LogP contribution is 2.27. The fourth-order valence-electron chi connectivity index (χ4n) is 3.30. The quantitative estimate of drug-likeness (QED) is 0.805. The molecule has 0 radical (unpaired) electrons. The first kappa shape index (κ1) is 18.3. The first-order chi connectivity index (χ1) is 12.7. The molecule has 0 atom stereocenters. The molecule has 0 spiro atoms. The maximum absolute atomic E-state index is 5.39. The van der Waals surface area contributed by atoms with Gasteiger partial charge in [-0.3, -0.25) is 5.01 Å². The highest BCUT2D eigenvalue weighted by atomic mass is 16.5. The lowest BCUT2D eigenvalue weighted by Gasteiger charge is -2.31. The zero-order chi connectivity index (χ0) is 18.4. The molecule has 1 saturated heterocycles. The van der Waals surface area contributed by atoms with Gasteiger partial charge < -0.3 is 14.4 Å². The van der Waals surface area contributed by atoms with E-state index in [-0.39, 0.29) is 0 Å². The van der Waals surface area contributed by atoms with Gasteiger partial charge in [0.1, 0.15) is 6.54 Å². The van der Waals surface area contributed by atoms with Gasteiger partial charge in [-0.05, 0) is 25.1 Å². The van der Waals surface area contributed by atoms with E-state index in [9.17, 15) is 0 Å². The third kappa shape index (κ3) is 4.55. The molecular weight excluding hydrogens is 326 g/mol. The number of rotatable bonds is 6. The van der Waals surface area contributed by atoms with Crippen molar-refractivity contribution in [2.24, 2.45) is 5.10 Å². The van der Waals surface area contributed by atoms with Crippen molar-refractivity contribution < 1.29 is 14.4 Å². The highest BCUT2D eigenvalue weighted by Gasteiger charge is 2.19. The minimum Gasteiger partial charge on any atom is -0.493 e. The maximum atomic E-state index is 5.39. The predicted molar refractivity (Wildman–Crippen MR) is 104 cm³/mol. The summed E-state index contributed by atoms with van der Waals surface area (Å²) in [6.45, 7) is 7.31. The summed E-state index contributed by atoms with van der Waals surface area (Å²) < 4.78 is 10.7. The van der Waals surface area contributed by atoms with Crippen LogP contribution >= 0.6 is 0 Å². The lowest BCUT2D eigenvalue weighted by Crippen LogP contribution is -3.13. The van der Waals surface area contributed by atoms with Gasteiger partial charge in [0.05, 0.1) is 46.1 Å². The van der Waals surface area contributed by atoms with Crippen LogP contribution in [0.1, 0.15) is 18.1 Å². The number of piperazine rings is 1. The van der Waals surface area contributed by atoms with Crippen molar-refractivity contribution in [3.05, 3.63) is 59.7 Å². The Labute approximate surface area is 155 Å². The fraction of sp³-hybridized carbons (Fsp3) is 0.381. The summed E-state index contributed by atoms with van der Waals surface area (Å²) in [5, 5.41) is 7.00. The summed E-state index contributed by atoms with van der Waals surface area (Å²) in [6, 6.07) is 16.6. The molecule has 1 N–H and O–H groups in total. The second-order valence-electron chi connectivity index (χ2n) is 6.62. The molecule has 0 unspecified atom stereocenters. The van der Waals surface area contributed by atoms with Crippen LogP contribution in [0.5, 0.6) is 11.5 Å². The van der Waals surface area contributed by atoms with E-state index >= 15 is 0 Å². The molecule has 2 aromatic rings. The average molecular weight is 354 g/mol. The van der Waals surface area contributed by atoms with Gasteiger partial charge in [0.25, 0.3) is 0 Å². The number of quaternary nitrogens is 1. The average Bonchev–Trinajstić information content (AvgIpc) is 2.69. The van der Waals surface area contributed by atoms with Gasteiger partial charge >= 0.3 is 0 Å². The van der Waals surface area contributed by atoms with Crippen LogP contribution in [-0.2, 0) is 6.54 Å². The molecule has 1 fully saturated rings. The Morgan fingerprint density at radius 3 is 2.35 bits per heavy atom. The maximum Gasteiger partial charge on any atom is 0.161 e. The Morgan fingerprint density at radius 2 is 1.69 bits per heavy atom. The summed E-state index contributed by atoms with van der Waals surface area (Å²) in [5.74, 6) is 1.47. The number of hydrazone groups is 1. The number of hydrogen-bond acceptors (Lipinski definition) is 4. The molecule has 0 aromatic heterocycles. The molecule has 1 heterocycles. The monoisotopic (exact) mass is 354 g/mol. The zero-order valence-corrected chi connectivity index (χ0v) is 15.9. The van der Waals surface area contributed by atoms with E-state index in [1.807, 2.05) is 25.1 Å². The third-order valence-corrected chi connectivity index (χ3v) is 4.84. The number of ether oxygens (including phenoxy) is 2. The van der Waals surface area contributed by atoms with Crippen molar-refractivity contribution in [3.63, 3.8) is 0 Å². The molecule has 138 valence electrons. The van der Waals surface area contributed by atoms with E-state index < -0.39 is 0 Å². The second kappa shape index (κ2) is 8.72. The van der Waals surface area contributed by atoms with Crippen molar-refractivity contribution in [3.8, 4) is 11.5 Å². The Hall–Kier alpha value is -2.53. The Balaban J connectivity index is 1.59. The highest BCUT2D eigenvalue weighted by molar-refractivity contribution is 5.99. The van der Waals surface area contributed by atoms with Crippen LogP contribution in [0.15, 0.2) is 53.6 Å². The van der Waals surface area contributed by atoms with Crippen molar-refractivity contribution in [1.29, 1.82) is 0 Å². The molecule has 0 saturated carbocycles. The van der Waals surface area contributed by atoms with Crippen LogP contribution in [0.3, 0.4) is 0 Å². The van der Waals surface area contributed by atoms with Gasteiger partial charge in [-0.15, -0.1) is 0 Å². The van der Waals surface area contributed by atoms with Gasteiger partial charge in [0.2, 0.25) is 0 Å². The van der Waals surface area contributed by atoms with Crippen molar-refractivity contribution in [2.45, 2.75) is 13.5 Å². The molecule has 1 aliphatic rings. The van der Waals surface area contributed by atoms with Crippen molar-refractivity contribution in [1.82, 2.24) is 5.01 Å². The zero-order valence-electron chi connectivity index (χ0n) is 15.9. The van der Waals surface area contributed by atoms with Gasteiger partial charge in [-0.2, -0.15) is 5.10 Å². The van der Waals surface area contributed by atoms with Gasteiger partial charge in [-0.25, -0.2) is 0 Å². The molecule has 0 bridgehead atoms. The molecule has 0 aliphatic carbocycles. The lowest BCUT2D eigenvalue weighted by molar-refractivity contribution is -0.918. The largest absolute Gasteiger partial charge is 0.493 e. The first-order valence-corrected chi connectivity index (χ1v) is 9.09. The van der Waals surface area contributed by atoms with E-state index in [4.69, 9.17) is 14.6 Å². The first-order valence-electron chi connectivity index (χ1n) is 9.09. The molecule has 5 heteroatoms. The van der Waals surface area contributed by atoms with Gasteiger partial charge in [0, 0.05) is 11.1 Å². The number of methoxy groups -OCH3 is 2. The van der Waals surface area contributed by atoms with E-state index in [0.717, 1.165) is 55.5 Å². The van der Waals surface area contributed by atoms with Crippen LogP contribution in [0.2, 0.25) is 0 Å². The topological polar surface area (TPSA) is 38.5 Å². The van der Waals surface area contributed by atoms with Crippen LogP contribution in [-0.4, -0.2) is 51.1 Å². The number of nitrogens with one attached hydrogen (secondary N) is 1. The van der Waals surface area contributed by atoms with Crippen LogP contribution in [0, 0.1) is 0 Å². The van der Waals surface area contributed by atoms with Gasteiger partial charge in [0.15, 0.2) is 11.5 Å².